The van der Waals surface area contributed by atoms with E-state index < -0.39 is 0 Å². The van der Waals surface area contributed by atoms with Crippen molar-refractivity contribution in [3.63, 3.8) is 0 Å². The van der Waals surface area contributed by atoms with Gasteiger partial charge in [0.1, 0.15) is 22.5 Å². The Hall–Kier alpha value is -2.12. The van der Waals surface area contributed by atoms with Crippen molar-refractivity contribution in [1.82, 2.24) is 19.5 Å². The highest BCUT2D eigenvalue weighted by Gasteiger charge is 2.21. The number of hydrogen-bond acceptors (Lipinski definition) is 5. The summed E-state index contributed by atoms with van der Waals surface area (Å²) in [4.78, 5) is 24.4. The Kier molecular flexibility index (Phi) is 5.01. The van der Waals surface area contributed by atoms with Crippen LogP contribution in [-0.2, 0) is 11.3 Å². The molecule has 6 nitrogen and oxygen atoms in total. The molecular formula is C17H20N4O2S. The fourth-order valence-corrected chi connectivity index (χ4v) is 3.27. The second-order valence-corrected chi connectivity index (χ2v) is 6.20. The molecule has 3 aromatic rings. The molecule has 1 N–H and O–H groups in total. The fourth-order valence-electron chi connectivity index (χ4n) is 2.75. The molecule has 0 aliphatic rings. The number of nitrogens with one attached hydrogen (secondary N) is 1. The van der Waals surface area contributed by atoms with Crippen molar-refractivity contribution < 1.29 is 4.74 Å². The van der Waals surface area contributed by atoms with E-state index in [0.29, 0.717) is 23.0 Å². The lowest BCUT2D eigenvalue weighted by atomic mass is 10.1. The Morgan fingerprint density at radius 2 is 2.04 bits per heavy atom. The number of fused-ring (bicyclic) bond motifs is 1. The van der Waals surface area contributed by atoms with Crippen LogP contribution in [0.15, 0.2) is 40.2 Å². The zero-order chi connectivity index (χ0) is 17.1. The lowest BCUT2D eigenvalue weighted by Gasteiger charge is -2.12. The Balaban J connectivity index is 2.19. The minimum atomic E-state index is -0.321. The van der Waals surface area contributed by atoms with Gasteiger partial charge in [0.2, 0.25) is 0 Å². The molecule has 0 saturated carbocycles. The van der Waals surface area contributed by atoms with Gasteiger partial charge < -0.3 is 9.72 Å². The summed E-state index contributed by atoms with van der Waals surface area (Å²) in [5.74, 6) is 0.672. The van der Waals surface area contributed by atoms with Crippen molar-refractivity contribution in [2.75, 3.05) is 13.4 Å². The number of imidazole rings is 1. The van der Waals surface area contributed by atoms with Crippen LogP contribution in [0, 0.1) is 0 Å². The number of H-pyrrole nitrogens is 1. The maximum atomic E-state index is 12.3. The summed E-state index contributed by atoms with van der Waals surface area (Å²) in [7, 11) is 1.65. The van der Waals surface area contributed by atoms with Gasteiger partial charge in [-0.05, 0) is 18.2 Å². The average Bonchev–Trinajstić information content (AvgIpc) is 3.03. The number of methoxy groups -OCH3 is 1. The topological polar surface area (TPSA) is 72.8 Å². The fraction of sp³-hybridized carbons (Fsp3) is 0.353. The Morgan fingerprint density at radius 3 is 2.67 bits per heavy atom. The second kappa shape index (κ2) is 7.19. The van der Waals surface area contributed by atoms with Gasteiger partial charge in [0.25, 0.3) is 0 Å². The molecule has 0 radical (unpaired) electrons. The number of benzene rings is 1. The molecular weight excluding hydrogens is 324 g/mol. The highest BCUT2D eigenvalue weighted by atomic mass is 32.2. The maximum Gasteiger partial charge on any atom is 0.350 e. The molecule has 0 saturated heterocycles. The number of rotatable bonds is 6. The van der Waals surface area contributed by atoms with Crippen LogP contribution in [0.1, 0.15) is 30.8 Å². The zero-order valence-corrected chi connectivity index (χ0v) is 14.8. The Labute approximate surface area is 144 Å². The third kappa shape index (κ3) is 2.97. The first-order valence-electron chi connectivity index (χ1n) is 7.81. The summed E-state index contributed by atoms with van der Waals surface area (Å²) < 4.78 is 7.27. The molecule has 0 fully saturated rings. The average molecular weight is 344 g/mol. The second-order valence-electron chi connectivity index (χ2n) is 5.40. The third-order valence-electron chi connectivity index (χ3n) is 3.83. The van der Waals surface area contributed by atoms with Gasteiger partial charge in [0, 0.05) is 13.7 Å². The normalized spacial score (nSPS) is 12.6. The zero-order valence-electron chi connectivity index (χ0n) is 13.9. The van der Waals surface area contributed by atoms with E-state index in [1.54, 1.807) is 11.7 Å². The van der Waals surface area contributed by atoms with E-state index in [4.69, 9.17) is 4.74 Å². The number of thioether (sulfide) groups is 1. The van der Waals surface area contributed by atoms with E-state index in [1.807, 2.05) is 43.5 Å². The van der Waals surface area contributed by atoms with Crippen LogP contribution in [0.4, 0.5) is 0 Å². The Morgan fingerprint density at radius 1 is 1.29 bits per heavy atom. The van der Waals surface area contributed by atoms with Gasteiger partial charge >= 0.3 is 5.69 Å². The van der Waals surface area contributed by atoms with Gasteiger partial charge in [-0.2, -0.15) is 4.98 Å². The van der Waals surface area contributed by atoms with Crippen LogP contribution >= 0.6 is 11.8 Å². The molecule has 1 aromatic carbocycles. The molecule has 0 spiro atoms. The number of aromatic nitrogens is 4. The predicted molar refractivity (Wildman–Crippen MR) is 95.5 cm³/mol. The smallest absolute Gasteiger partial charge is 0.350 e. The number of aromatic amines is 1. The number of nitrogens with zero attached hydrogens (tertiary/aromatic N) is 3. The van der Waals surface area contributed by atoms with Gasteiger partial charge in [-0.3, -0.25) is 4.57 Å². The van der Waals surface area contributed by atoms with Gasteiger partial charge in [-0.1, -0.05) is 37.3 Å². The summed E-state index contributed by atoms with van der Waals surface area (Å²) in [5, 5.41) is 0.656. The number of ether oxygens (including phenoxy) is 1. The van der Waals surface area contributed by atoms with Crippen LogP contribution in [0.3, 0.4) is 0 Å². The standard InChI is InChI=1S/C17H20N4O2S/c1-4-10-21-15-12(16(24-3)20-17(21)22)18-14(19-15)13(23-2)11-8-6-5-7-9-11/h5-9,13H,4,10H2,1-3H3,(H,18,19). The van der Waals surface area contributed by atoms with E-state index in [0.717, 1.165) is 17.5 Å². The highest BCUT2D eigenvalue weighted by Crippen LogP contribution is 2.27. The van der Waals surface area contributed by atoms with Crippen molar-refractivity contribution in [1.29, 1.82) is 0 Å². The highest BCUT2D eigenvalue weighted by molar-refractivity contribution is 7.98. The van der Waals surface area contributed by atoms with E-state index >= 15 is 0 Å². The molecule has 126 valence electrons. The van der Waals surface area contributed by atoms with E-state index in [2.05, 4.69) is 15.0 Å². The van der Waals surface area contributed by atoms with Gasteiger partial charge in [0.05, 0.1) is 0 Å². The molecule has 2 aromatic heterocycles. The summed E-state index contributed by atoms with van der Waals surface area (Å²) in [6.07, 6.45) is 2.42. The first-order chi connectivity index (χ1) is 11.7. The van der Waals surface area contributed by atoms with Crippen molar-refractivity contribution >= 4 is 22.9 Å². The number of hydrogen-bond donors (Lipinski definition) is 1. The molecule has 7 heteroatoms. The minimum absolute atomic E-state index is 0.263. The van der Waals surface area contributed by atoms with Crippen molar-refractivity contribution in [3.05, 3.63) is 52.2 Å². The van der Waals surface area contributed by atoms with Crippen LogP contribution in [0.25, 0.3) is 11.2 Å². The molecule has 0 bridgehead atoms. The third-order valence-corrected chi connectivity index (χ3v) is 4.51. The summed E-state index contributed by atoms with van der Waals surface area (Å²) in [6, 6.07) is 9.88. The first kappa shape index (κ1) is 16.7. The van der Waals surface area contributed by atoms with Crippen molar-refractivity contribution in [3.8, 4) is 0 Å². The lowest BCUT2D eigenvalue weighted by Crippen LogP contribution is -2.24. The maximum absolute atomic E-state index is 12.3. The number of aryl methyl sites for hydroxylation is 1. The molecule has 2 heterocycles. The van der Waals surface area contributed by atoms with E-state index in [-0.39, 0.29) is 11.8 Å². The van der Waals surface area contributed by atoms with Crippen LogP contribution in [0.2, 0.25) is 0 Å². The van der Waals surface area contributed by atoms with Crippen LogP contribution in [0.5, 0.6) is 0 Å². The van der Waals surface area contributed by atoms with Crippen molar-refractivity contribution in [2.24, 2.45) is 0 Å². The predicted octanol–water partition coefficient (Wildman–Crippen LogP) is 2.99. The molecule has 3 rings (SSSR count). The van der Waals surface area contributed by atoms with Gasteiger partial charge in [0.15, 0.2) is 5.65 Å². The van der Waals surface area contributed by atoms with Gasteiger partial charge in [-0.25, -0.2) is 9.78 Å². The molecule has 0 aliphatic carbocycles. The monoisotopic (exact) mass is 344 g/mol. The molecule has 1 unspecified atom stereocenters. The first-order valence-corrected chi connectivity index (χ1v) is 9.04. The molecule has 0 aliphatic heterocycles. The lowest BCUT2D eigenvalue weighted by molar-refractivity contribution is 0.130. The largest absolute Gasteiger partial charge is 0.369 e. The van der Waals surface area contributed by atoms with E-state index in [9.17, 15) is 4.79 Å². The van der Waals surface area contributed by atoms with Gasteiger partial charge in [-0.15, -0.1) is 11.8 Å². The summed E-state index contributed by atoms with van der Waals surface area (Å²) in [6.45, 7) is 2.61. The van der Waals surface area contributed by atoms with Crippen molar-refractivity contribution in [2.45, 2.75) is 31.0 Å². The SMILES string of the molecule is CCCn1c(=O)nc(SC)c2[nH]c(C(OC)c3ccccc3)nc21. The van der Waals surface area contributed by atoms with Crippen LogP contribution in [-0.4, -0.2) is 32.9 Å². The summed E-state index contributed by atoms with van der Waals surface area (Å²) >= 11 is 1.43. The summed E-state index contributed by atoms with van der Waals surface area (Å²) in [5.41, 5.74) is 2.15. The Bertz CT molecular complexity index is 889. The molecule has 1 atom stereocenters. The molecule has 24 heavy (non-hydrogen) atoms. The molecule has 0 amide bonds. The quantitative estimate of drug-likeness (QED) is 0.550. The van der Waals surface area contributed by atoms with Crippen LogP contribution < -0.4 is 5.69 Å². The van der Waals surface area contributed by atoms with E-state index in [1.165, 1.54) is 11.8 Å². The minimum Gasteiger partial charge on any atom is -0.369 e.